The molecule has 1 heterocycles. The molecule has 1 aromatic rings. The predicted molar refractivity (Wildman–Crippen MR) is 98.1 cm³/mol. The zero-order valence-electron chi connectivity index (χ0n) is 14.8. The topological polar surface area (TPSA) is 80.0 Å². The molecule has 0 aromatic heterocycles. The van der Waals surface area contributed by atoms with E-state index in [2.05, 4.69) is 15.2 Å². The lowest BCUT2D eigenvalue weighted by Crippen LogP contribution is -2.53. The number of nitrogens with two attached hydrogens (primary N) is 1. The third-order valence-corrected chi connectivity index (χ3v) is 4.61. The van der Waals surface area contributed by atoms with E-state index in [1.165, 1.54) is 0 Å². The fourth-order valence-corrected chi connectivity index (χ4v) is 2.77. The van der Waals surface area contributed by atoms with E-state index in [4.69, 9.17) is 10.5 Å². The number of nitrogens with zero attached hydrogens (tertiary/aromatic N) is 2. The molecule has 3 rings (SSSR count). The van der Waals surface area contributed by atoms with Crippen LogP contribution in [-0.4, -0.2) is 41.8 Å². The summed E-state index contributed by atoms with van der Waals surface area (Å²) in [5.41, 5.74) is 5.65. The Balaban J connectivity index is 1.66. The Kier molecular flexibility index (Phi) is 4.63. The summed E-state index contributed by atoms with van der Waals surface area (Å²) in [4.78, 5) is 18.3. The molecule has 25 heavy (non-hydrogen) atoms. The molecule has 0 radical (unpaired) electrons. The number of likely N-dealkylation sites (N-methyl/N-ethyl adjacent to an activating group) is 1. The second-order valence-electron chi connectivity index (χ2n) is 6.84. The summed E-state index contributed by atoms with van der Waals surface area (Å²) < 4.78 is 5.95. The van der Waals surface area contributed by atoms with Gasteiger partial charge in [-0.2, -0.15) is 0 Å². The van der Waals surface area contributed by atoms with Gasteiger partial charge in [0.25, 0.3) is 0 Å². The fourth-order valence-electron chi connectivity index (χ4n) is 2.77. The molecule has 1 unspecified atom stereocenters. The first-order chi connectivity index (χ1) is 11.9. The smallest absolute Gasteiger partial charge is 0.237 e. The Labute approximate surface area is 148 Å². The van der Waals surface area contributed by atoms with Crippen molar-refractivity contribution in [3.8, 4) is 5.75 Å². The van der Waals surface area contributed by atoms with E-state index in [0.717, 1.165) is 29.5 Å². The minimum absolute atomic E-state index is 0.150. The molecule has 0 fully saturated rings. The standard InChI is InChI=1S/C19H24N4O2/c1-19(2,18(20)24)21-12-17-22-15-10-9-14(11-16(15)23(17)3)25-13-7-5-4-6-8-13/h4-10,16,21H,11-12H2,1-3H3,(H2,20,24). The van der Waals surface area contributed by atoms with E-state index >= 15 is 0 Å². The van der Waals surface area contributed by atoms with E-state index in [-0.39, 0.29) is 11.9 Å². The quantitative estimate of drug-likeness (QED) is 0.828. The van der Waals surface area contributed by atoms with Crippen molar-refractivity contribution in [3.05, 3.63) is 53.9 Å². The molecule has 6 heteroatoms. The lowest BCUT2D eigenvalue weighted by atomic mass is 10.0. The van der Waals surface area contributed by atoms with Crippen molar-refractivity contribution in [2.75, 3.05) is 13.6 Å². The number of hydrogen-bond donors (Lipinski definition) is 2. The predicted octanol–water partition coefficient (Wildman–Crippen LogP) is 1.80. The molecule has 1 aliphatic carbocycles. The maximum Gasteiger partial charge on any atom is 0.237 e. The van der Waals surface area contributed by atoms with Crippen molar-refractivity contribution in [1.29, 1.82) is 0 Å². The highest BCUT2D eigenvalue weighted by Gasteiger charge is 2.33. The highest BCUT2D eigenvalue weighted by atomic mass is 16.5. The average Bonchev–Trinajstić information content (AvgIpc) is 2.90. The summed E-state index contributed by atoms with van der Waals surface area (Å²) in [7, 11) is 2.01. The van der Waals surface area contributed by atoms with Crippen LogP contribution in [0.3, 0.4) is 0 Å². The maximum absolute atomic E-state index is 11.4. The number of amides is 1. The summed E-state index contributed by atoms with van der Waals surface area (Å²) in [5, 5.41) is 3.17. The van der Waals surface area contributed by atoms with E-state index < -0.39 is 5.54 Å². The van der Waals surface area contributed by atoms with Gasteiger partial charge in [0.15, 0.2) is 0 Å². The van der Waals surface area contributed by atoms with Crippen LogP contribution in [-0.2, 0) is 4.79 Å². The largest absolute Gasteiger partial charge is 0.462 e. The second-order valence-corrected chi connectivity index (χ2v) is 6.84. The van der Waals surface area contributed by atoms with Crippen LogP contribution >= 0.6 is 0 Å². The summed E-state index contributed by atoms with van der Waals surface area (Å²) in [6.45, 7) is 4.02. The van der Waals surface area contributed by atoms with Crippen molar-refractivity contribution >= 4 is 11.7 Å². The zero-order chi connectivity index (χ0) is 18.0. The van der Waals surface area contributed by atoms with Crippen LogP contribution in [0.25, 0.3) is 0 Å². The number of benzene rings is 1. The van der Waals surface area contributed by atoms with Crippen molar-refractivity contribution in [3.63, 3.8) is 0 Å². The van der Waals surface area contributed by atoms with Crippen LogP contribution in [0, 0.1) is 0 Å². The van der Waals surface area contributed by atoms with Gasteiger partial charge in [0, 0.05) is 13.5 Å². The second kappa shape index (κ2) is 6.72. The number of para-hydroxylation sites is 1. The summed E-state index contributed by atoms with van der Waals surface area (Å²) in [5.74, 6) is 2.25. The van der Waals surface area contributed by atoms with Crippen molar-refractivity contribution < 1.29 is 9.53 Å². The number of rotatable bonds is 6. The SMILES string of the molecule is CN1C(CNC(C)(C)C(N)=O)=NC2=CC=C(Oc3ccccc3)CC21. The molecule has 1 aliphatic heterocycles. The lowest BCUT2D eigenvalue weighted by Gasteiger charge is -2.28. The number of aliphatic imine (C=N–C) groups is 1. The number of primary amides is 1. The van der Waals surface area contributed by atoms with Crippen molar-refractivity contribution in [1.82, 2.24) is 10.2 Å². The Hall–Kier alpha value is -2.60. The molecule has 0 bridgehead atoms. The molecule has 0 spiro atoms. The van der Waals surface area contributed by atoms with E-state index in [0.29, 0.717) is 6.54 Å². The monoisotopic (exact) mass is 340 g/mol. The maximum atomic E-state index is 11.4. The minimum atomic E-state index is -0.772. The number of carbonyl (C=O) groups excluding carboxylic acids is 1. The number of ether oxygens (including phenoxy) is 1. The van der Waals surface area contributed by atoms with E-state index in [1.54, 1.807) is 13.8 Å². The Bertz CT molecular complexity index is 750. The van der Waals surface area contributed by atoms with Crippen molar-refractivity contribution in [2.24, 2.45) is 10.7 Å². The molecule has 6 nitrogen and oxygen atoms in total. The molecule has 1 atom stereocenters. The molecular weight excluding hydrogens is 316 g/mol. The molecule has 1 aromatic carbocycles. The fraction of sp³-hybridized carbons (Fsp3) is 0.368. The van der Waals surface area contributed by atoms with E-state index in [9.17, 15) is 4.79 Å². The molecule has 132 valence electrons. The van der Waals surface area contributed by atoms with Crippen LogP contribution in [0.5, 0.6) is 5.75 Å². The van der Waals surface area contributed by atoms with Gasteiger partial charge in [-0.3, -0.25) is 10.1 Å². The van der Waals surface area contributed by atoms with Gasteiger partial charge in [-0.05, 0) is 38.1 Å². The summed E-state index contributed by atoms with van der Waals surface area (Å²) >= 11 is 0. The van der Waals surface area contributed by atoms with Gasteiger partial charge in [0.05, 0.1) is 23.8 Å². The molecule has 0 saturated heterocycles. The summed E-state index contributed by atoms with van der Waals surface area (Å²) in [6.07, 6.45) is 4.72. The first-order valence-electron chi connectivity index (χ1n) is 8.36. The van der Waals surface area contributed by atoms with Gasteiger partial charge in [-0.25, -0.2) is 4.99 Å². The van der Waals surface area contributed by atoms with Gasteiger partial charge in [-0.1, -0.05) is 18.2 Å². The molecule has 3 N–H and O–H groups in total. The Morgan fingerprint density at radius 2 is 2.08 bits per heavy atom. The van der Waals surface area contributed by atoms with Crippen LogP contribution in [0.15, 0.2) is 58.9 Å². The minimum Gasteiger partial charge on any atom is -0.462 e. The Morgan fingerprint density at radius 1 is 1.36 bits per heavy atom. The summed E-state index contributed by atoms with van der Waals surface area (Å²) in [6, 6.07) is 9.90. The van der Waals surface area contributed by atoms with Crippen molar-refractivity contribution in [2.45, 2.75) is 31.8 Å². The highest BCUT2D eigenvalue weighted by Crippen LogP contribution is 2.30. The van der Waals surface area contributed by atoms with Crippen LogP contribution < -0.4 is 15.8 Å². The van der Waals surface area contributed by atoms with Gasteiger partial charge in [-0.15, -0.1) is 0 Å². The third-order valence-electron chi connectivity index (χ3n) is 4.61. The van der Waals surface area contributed by atoms with Gasteiger partial charge in [0.1, 0.15) is 17.3 Å². The number of carbonyl (C=O) groups is 1. The average molecular weight is 340 g/mol. The third kappa shape index (κ3) is 3.74. The first-order valence-corrected chi connectivity index (χ1v) is 8.36. The van der Waals surface area contributed by atoms with E-state index in [1.807, 2.05) is 49.5 Å². The number of hydrogen-bond acceptors (Lipinski definition) is 5. The number of fused-ring (bicyclic) bond motifs is 1. The van der Waals surface area contributed by atoms with Crippen LogP contribution in [0.2, 0.25) is 0 Å². The number of nitrogens with one attached hydrogen (secondary N) is 1. The van der Waals surface area contributed by atoms with Gasteiger partial charge < -0.3 is 15.4 Å². The van der Waals surface area contributed by atoms with Gasteiger partial charge in [0.2, 0.25) is 5.91 Å². The van der Waals surface area contributed by atoms with Crippen LogP contribution in [0.1, 0.15) is 20.3 Å². The Morgan fingerprint density at radius 3 is 2.76 bits per heavy atom. The highest BCUT2D eigenvalue weighted by molar-refractivity contribution is 5.90. The normalized spacial score (nSPS) is 19.7. The number of allylic oxidation sites excluding steroid dienone is 2. The van der Waals surface area contributed by atoms with Crippen LogP contribution in [0.4, 0.5) is 0 Å². The molecule has 2 aliphatic rings. The lowest BCUT2D eigenvalue weighted by molar-refractivity contribution is -0.123. The first kappa shape index (κ1) is 17.2. The zero-order valence-corrected chi connectivity index (χ0v) is 14.8. The molecule has 0 saturated carbocycles. The molecular formula is C19H24N4O2. The molecule has 1 amide bonds. The van der Waals surface area contributed by atoms with Gasteiger partial charge >= 0.3 is 0 Å². The number of amidine groups is 1.